The number of ether oxygens (including phenoxy) is 1. The highest BCUT2D eigenvalue weighted by molar-refractivity contribution is 7.09. The lowest BCUT2D eigenvalue weighted by atomic mass is 9.94. The zero-order valence-electron chi connectivity index (χ0n) is 20.6. The summed E-state index contributed by atoms with van der Waals surface area (Å²) in [4.78, 5) is 40.7. The van der Waals surface area contributed by atoms with Gasteiger partial charge in [-0.05, 0) is 54.4 Å². The van der Waals surface area contributed by atoms with E-state index in [0.29, 0.717) is 12.2 Å². The number of hydrogen-bond acceptors (Lipinski definition) is 7. The Morgan fingerprint density at radius 1 is 1.17 bits per heavy atom. The number of nitrogens with one attached hydrogen (secondary N) is 1. The number of primary amides is 1. The van der Waals surface area contributed by atoms with Gasteiger partial charge in [0.15, 0.2) is 5.69 Å². The topological polar surface area (TPSA) is 141 Å². The average molecular weight is 502 g/mol. The van der Waals surface area contributed by atoms with Crippen LogP contribution in [0.4, 0.5) is 5.69 Å². The maximum Gasteiger partial charge on any atom is 0.270 e. The number of benzene rings is 1. The first-order valence-corrected chi connectivity index (χ1v) is 12.8. The minimum Gasteiger partial charge on any atom is -0.497 e. The summed E-state index contributed by atoms with van der Waals surface area (Å²) in [6.07, 6.45) is 5.70. The first-order valence-electron chi connectivity index (χ1n) is 12.0. The normalized spacial score (nSPS) is 15.0. The quantitative estimate of drug-likeness (QED) is 0.456. The fraction of sp³-hybridized carbons (Fsp3) is 0.520. The van der Waals surface area contributed by atoms with Gasteiger partial charge < -0.3 is 26.4 Å². The minimum atomic E-state index is -0.798. The number of nitrogen functional groups attached to an aromatic ring is 1. The lowest BCUT2D eigenvalue weighted by molar-refractivity contribution is -0.127. The number of amides is 3. The molecule has 0 unspecified atom stereocenters. The largest absolute Gasteiger partial charge is 0.497 e. The van der Waals surface area contributed by atoms with Crippen LogP contribution in [0.2, 0.25) is 0 Å². The summed E-state index contributed by atoms with van der Waals surface area (Å²) in [5, 5.41) is 3.18. The van der Waals surface area contributed by atoms with E-state index in [9.17, 15) is 14.4 Å². The number of hydrogen-bond donors (Lipinski definition) is 3. The van der Waals surface area contributed by atoms with Gasteiger partial charge in [-0.2, -0.15) is 4.37 Å². The van der Waals surface area contributed by atoms with Gasteiger partial charge in [-0.25, -0.2) is 0 Å². The van der Waals surface area contributed by atoms with E-state index in [4.69, 9.17) is 16.2 Å². The molecule has 2 aromatic rings. The summed E-state index contributed by atoms with van der Waals surface area (Å²) in [6.45, 7) is 4.22. The lowest BCUT2D eigenvalue weighted by Gasteiger charge is -2.34. The number of anilines is 1. The molecule has 1 aromatic carbocycles. The average Bonchev–Trinajstić information content (AvgIpc) is 3.23. The molecule has 1 atom stereocenters. The number of carbonyl (C=O) groups excluding carboxylic acids is 3. The number of nitrogens with two attached hydrogens (primary N) is 2. The summed E-state index contributed by atoms with van der Waals surface area (Å²) < 4.78 is 9.23. The molecule has 1 heterocycles. The SMILES string of the molecule is COc1ccc(CN(C(=O)c2snc(C(N)=O)c2N)[C@@H](CC(C)C)C(=O)NC2CCCCC2)cc1. The Bertz CT molecular complexity index is 1030. The van der Waals surface area contributed by atoms with Crippen LogP contribution in [-0.4, -0.2) is 46.2 Å². The Morgan fingerprint density at radius 2 is 1.83 bits per heavy atom. The van der Waals surface area contributed by atoms with Crippen molar-refractivity contribution >= 4 is 34.9 Å². The zero-order valence-corrected chi connectivity index (χ0v) is 21.4. The van der Waals surface area contributed by atoms with Crippen LogP contribution in [0.3, 0.4) is 0 Å². The number of methoxy groups -OCH3 is 1. The standard InChI is InChI=1S/C25H35N5O4S/c1-15(2)13-19(24(32)28-17-7-5-4-6-8-17)30(14-16-9-11-18(34-3)12-10-16)25(33)22-20(26)21(23(27)31)29-35-22/h9-12,15,17,19H,4-8,13-14,26H2,1-3H3,(H2,27,31)(H,28,32)/t19-/m0/s1. The molecule has 3 amide bonds. The van der Waals surface area contributed by atoms with Gasteiger partial charge in [0.1, 0.15) is 16.7 Å². The Hall–Kier alpha value is -3.14. The van der Waals surface area contributed by atoms with E-state index in [1.165, 1.54) is 11.3 Å². The second-order valence-corrected chi connectivity index (χ2v) is 10.2. The number of carbonyl (C=O) groups is 3. The first-order chi connectivity index (χ1) is 16.7. The van der Waals surface area contributed by atoms with Crippen LogP contribution in [-0.2, 0) is 11.3 Å². The van der Waals surface area contributed by atoms with Gasteiger partial charge in [0.05, 0.1) is 12.8 Å². The van der Waals surface area contributed by atoms with Crippen molar-refractivity contribution < 1.29 is 19.1 Å². The van der Waals surface area contributed by atoms with E-state index in [1.54, 1.807) is 7.11 Å². The van der Waals surface area contributed by atoms with Crippen LogP contribution in [0.1, 0.15) is 78.1 Å². The highest BCUT2D eigenvalue weighted by Crippen LogP contribution is 2.27. The third-order valence-electron chi connectivity index (χ3n) is 6.25. The lowest BCUT2D eigenvalue weighted by Crippen LogP contribution is -2.52. The van der Waals surface area contributed by atoms with Gasteiger partial charge >= 0.3 is 0 Å². The second-order valence-electron chi connectivity index (χ2n) is 9.41. The summed E-state index contributed by atoms with van der Waals surface area (Å²) in [7, 11) is 1.59. The maximum absolute atomic E-state index is 13.8. The Labute approximate surface area is 210 Å². The van der Waals surface area contributed by atoms with Gasteiger partial charge in [0.25, 0.3) is 11.8 Å². The molecule has 0 spiro atoms. The van der Waals surface area contributed by atoms with Gasteiger partial charge in [-0.1, -0.05) is 45.2 Å². The minimum absolute atomic E-state index is 0.0526. The summed E-state index contributed by atoms with van der Waals surface area (Å²) in [5.41, 5.74) is 12.1. The summed E-state index contributed by atoms with van der Waals surface area (Å²) in [5.74, 6) is -0.576. The van der Waals surface area contributed by atoms with E-state index < -0.39 is 17.9 Å². The molecule has 0 radical (unpaired) electrons. The molecule has 1 fully saturated rings. The molecular formula is C25H35N5O4S. The molecule has 1 saturated carbocycles. The number of nitrogens with zero attached hydrogens (tertiary/aromatic N) is 2. The monoisotopic (exact) mass is 501 g/mol. The fourth-order valence-electron chi connectivity index (χ4n) is 4.38. The van der Waals surface area contributed by atoms with E-state index in [2.05, 4.69) is 9.69 Å². The third-order valence-corrected chi connectivity index (χ3v) is 7.10. The molecule has 0 bridgehead atoms. The molecule has 1 aromatic heterocycles. The Morgan fingerprint density at radius 3 is 2.37 bits per heavy atom. The van der Waals surface area contributed by atoms with Crippen molar-refractivity contribution in [2.24, 2.45) is 11.7 Å². The molecule has 190 valence electrons. The van der Waals surface area contributed by atoms with Crippen LogP contribution in [0.15, 0.2) is 24.3 Å². The van der Waals surface area contributed by atoms with Crippen molar-refractivity contribution in [1.29, 1.82) is 0 Å². The molecule has 9 nitrogen and oxygen atoms in total. The zero-order chi connectivity index (χ0) is 25.5. The van der Waals surface area contributed by atoms with Crippen molar-refractivity contribution in [3.05, 3.63) is 40.4 Å². The predicted octanol–water partition coefficient (Wildman–Crippen LogP) is 3.34. The molecule has 3 rings (SSSR count). The molecule has 5 N–H and O–H groups in total. The highest BCUT2D eigenvalue weighted by Gasteiger charge is 2.35. The molecule has 0 aliphatic heterocycles. The molecule has 10 heteroatoms. The van der Waals surface area contributed by atoms with E-state index >= 15 is 0 Å². The molecule has 35 heavy (non-hydrogen) atoms. The number of aromatic nitrogens is 1. The van der Waals surface area contributed by atoms with E-state index in [-0.39, 0.29) is 40.7 Å². The van der Waals surface area contributed by atoms with Gasteiger partial charge in [-0.15, -0.1) is 0 Å². The van der Waals surface area contributed by atoms with Gasteiger partial charge in [-0.3, -0.25) is 14.4 Å². The first kappa shape index (κ1) is 26.5. The smallest absolute Gasteiger partial charge is 0.270 e. The van der Waals surface area contributed by atoms with Crippen LogP contribution in [0.5, 0.6) is 5.75 Å². The summed E-state index contributed by atoms with van der Waals surface area (Å²) in [6, 6.07) is 6.72. The van der Waals surface area contributed by atoms with Crippen molar-refractivity contribution in [2.45, 2.75) is 71.0 Å². The van der Waals surface area contributed by atoms with Crippen molar-refractivity contribution in [1.82, 2.24) is 14.6 Å². The van der Waals surface area contributed by atoms with Crippen molar-refractivity contribution in [3.8, 4) is 5.75 Å². The van der Waals surface area contributed by atoms with E-state index in [1.807, 2.05) is 38.1 Å². The summed E-state index contributed by atoms with van der Waals surface area (Å²) >= 11 is 0.822. The van der Waals surface area contributed by atoms with Gasteiger partial charge in [0.2, 0.25) is 5.91 Å². The van der Waals surface area contributed by atoms with Crippen LogP contribution in [0.25, 0.3) is 0 Å². The van der Waals surface area contributed by atoms with Gasteiger partial charge in [0, 0.05) is 12.6 Å². The van der Waals surface area contributed by atoms with Crippen molar-refractivity contribution in [3.63, 3.8) is 0 Å². The van der Waals surface area contributed by atoms with Crippen LogP contribution >= 0.6 is 11.5 Å². The Kier molecular flexibility index (Phi) is 9.08. The predicted molar refractivity (Wildman–Crippen MR) is 136 cm³/mol. The number of rotatable bonds is 10. The fourth-order valence-corrected chi connectivity index (χ4v) is 5.14. The van der Waals surface area contributed by atoms with Crippen LogP contribution < -0.4 is 21.5 Å². The molecular weight excluding hydrogens is 466 g/mol. The second kappa shape index (κ2) is 12.0. The highest BCUT2D eigenvalue weighted by atomic mass is 32.1. The molecule has 1 aliphatic rings. The third kappa shape index (κ3) is 6.72. The molecule has 1 aliphatic carbocycles. The van der Waals surface area contributed by atoms with E-state index in [0.717, 1.165) is 42.8 Å². The Balaban J connectivity index is 1.97. The maximum atomic E-state index is 13.8. The van der Waals surface area contributed by atoms with Crippen molar-refractivity contribution in [2.75, 3.05) is 12.8 Å². The van der Waals surface area contributed by atoms with Crippen LogP contribution in [0, 0.1) is 5.92 Å². The molecule has 0 saturated heterocycles.